The summed E-state index contributed by atoms with van der Waals surface area (Å²) < 4.78 is 10.7. The largest absolute Gasteiger partial charge is 0.496 e. The second-order valence-electron chi connectivity index (χ2n) is 6.70. The van der Waals surface area contributed by atoms with Crippen LogP contribution < -0.4 is 10.1 Å². The first-order valence-corrected chi connectivity index (χ1v) is 10.3. The molecule has 9 heteroatoms. The van der Waals surface area contributed by atoms with Gasteiger partial charge >= 0.3 is 0 Å². The number of carbonyl (C=O) groups excluding carboxylic acids is 2. The maximum atomic E-state index is 13.0. The lowest BCUT2D eigenvalue weighted by atomic mass is 10.1. The average Bonchev–Trinajstić information content (AvgIpc) is 3.36. The van der Waals surface area contributed by atoms with Gasteiger partial charge in [0.1, 0.15) is 11.9 Å². The molecule has 2 aliphatic heterocycles. The van der Waals surface area contributed by atoms with E-state index in [-0.39, 0.29) is 11.8 Å². The SMILES string of the molecule is COc1ccc(Cl)cc1C(=O)N1CCc2nc(NC(=O)[C@H]3CCCO3)sc2C1. The monoisotopic (exact) mass is 421 g/mol. The minimum absolute atomic E-state index is 0.136. The summed E-state index contributed by atoms with van der Waals surface area (Å²) in [6.07, 6.45) is 1.88. The molecule has 3 heterocycles. The highest BCUT2D eigenvalue weighted by Crippen LogP contribution is 2.31. The third kappa shape index (κ3) is 3.85. The number of fused-ring (bicyclic) bond motifs is 1. The smallest absolute Gasteiger partial charge is 0.258 e. The second-order valence-corrected chi connectivity index (χ2v) is 8.22. The Balaban J connectivity index is 1.47. The first-order chi connectivity index (χ1) is 13.5. The minimum Gasteiger partial charge on any atom is -0.496 e. The molecule has 1 aromatic carbocycles. The van der Waals surface area contributed by atoms with Gasteiger partial charge in [-0.25, -0.2) is 4.98 Å². The van der Waals surface area contributed by atoms with Crippen LogP contribution in [0.15, 0.2) is 18.2 Å². The number of halogens is 1. The van der Waals surface area contributed by atoms with Gasteiger partial charge in [-0.05, 0) is 31.0 Å². The molecule has 0 saturated carbocycles. The molecule has 28 heavy (non-hydrogen) atoms. The average molecular weight is 422 g/mol. The fourth-order valence-electron chi connectivity index (χ4n) is 3.41. The van der Waals surface area contributed by atoms with E-state index in [0.29, 0.717) is 47.6 Å². The number of amides is 2. The van der Waals surface area contributed by atoms with E-state index < -0.39 is 6.10 Å². The van der Waals surface area contributed by atoms with Gasteiger partial charge in [0.2, 0.25) is 0 Å². The summed E-state index contributed by atoms with van der Waals surface area (Å²) in [5, 5.41) is 3.89. The van der Waals surface area contributed by atoms with Gasteiger partial charge in [-0.1, -0.05) is 22.9 Å². The van der Waals surface area contributed by atoms with Crippen LogP contribution in [0.5, 0.6) is 5.75 Å². The Morgan fingerprint density at radius 1 is 1.43 bits per heavy atom. The number of carbonyl (C=O) groups is 2. The van der Waals surface area contributed by atoms with Crippen LogP contribution in [0.2, 0.25) is 5.02 Å². The molecule has 1 aromatic heterocycles. The van der Waals surface area contributed by atoms with Gasteiger partial charge in [-0.3, -0.25) is 14.9 Å². The Bertz CT molecular complexity index is 911. The summed E-state index contributed by atoms with van der Waals surface area (Å²) in [5.74, 6) is 0.206. The molecule has 0 spiro atoms. The number of anilines is 1. The lowest BCUT2D eigenvalue weighted by molar-refractivity contribution is -0.124. The van der Waals surface area contributed by atoms with Crippen LogP contribution in [0.25, 0.3) is 0 Å². The molecule has 2 amide bonds. The quantitative estimate of drug-likeness (QED) is 0.820. The summed E-state index contributed by atoms with van der Waals surface area (Å²) in [5.41, 5.74) is 1.37. The molecule has 0 aliphatic carbocycles. The highest BCUT2D eigenvalue weighted by Gasteiger charge is 2.28. The Morgan fingerprint density at radius 2 is 2.29 bits per heavy atom. The lowest BCUT2D eigenvalue weighted by Gasteiger charge is -2.26. The number of ether oxygens (including phenoxy) is 2. The molecule has 1 fully saturated rings. The summed E-state index contributed by atoms with van der Waals surface area (Å²) >= 11 is 7.46. The number of hydrogen-bond donors (Lipinski definition) is 1. The first-order valence-electron chi connectivity index (χ1n) is 9.09. The van der Waals surface area contributed by atoms with E-state index in [2.05, 4.69) is 10.3 Å². The molecule has 148 valence electrons. The number of methoxy groups -OCH3 is 1. The number of hydrogen-bond acceptors (Lipinski definition) is 6. The number of benzene rings is 1. The van der Waals surface area contributed by atoms with Crippen molar-refractivity contribution in [1.29, 1.82) is 0 Å². The third-order valence-electron chi connectivity index (χ3n) is 4.86. The van der Waals surface area contributed by atoms with Crippen molar-refractivity contribution in [2.45, 2.75) is 31.9 Å². The number of rotatable bonds is 4. The van der Waals surface area contributed by atoms with E-state index in [9.17, 15) is 9.59 Å². The van der Waals surface area contributed by atoms with Crippen molar-refractivity contribution < 1.29 is 19.1 Å². The van der Waals surface area contributed by atoms with Crippen molar-refractivity contribution >= 4 is 39.9 Å². The summed E-state index contributed by atoms with van der Waals surface area (Å²) in [6, 6.07) is 5.01. The standard InChI is InChI=1S/C19H20ClN3O4S/c1-26-14-5-4-11(20)9-12(14)18(25)23-7-6-13-16(10-23)28-19(21-13)22-17(24)15-3-2-8-27-15/h4-5,9,15H,2-3,6-8,10H2,1H3,(H,21,22,24)/t15-/m1/s1. The molecule has 1 N–H and O–H groups in total. The second kappa shape index (κ2) is 8.06. The van der Waals surface area contributed by atoms with Crippen molar-refractivity contribution in [3.8, 4) is 5.75 Å². The van der Waals surface area contributed by atoms with Gasteiger partial charge in [-0.15, -0.1) is 0 Å². The van der Waals surface area contributed by atoms with Gasteiger partial charge in [0.15, 0.2) is 5.13 Å². The molecule has 0 bridgehead atoms. The number of aromatic nitrogens is 1. The molecule has 2 aliphatic rings. The van der Waals surface area contributed by atoms with Crippen molar-refractivity contribution in [3.63, 3.8) is 0 Å². The number of thiazole rings is 1. The zero-order valence-electron chi connectivity index (χ0n) is 15.4. The molecule has 0 unspecified atom stereocenters. The maximum absolute atomic E-state index is 13.0. The van der Waals surface area contributed by atoms with Gasteiger partial charge < -0.3 is 14.4 Å². The van der Waals surface area contributed by atoms with Crippen LogP contribution in [0.1, 0.15) is 33.8 Å². The Kier molecular flexibility index (Phi) is 5.52. The zero-order valence-corrected chi connectivity index (χ0v) is 16.9. The van der Waals surface area contributed by atoms with Crippen LogP contribution in [0.3, 0.4) is 0 Å². The van der Waals surface area contributed by atoms with E-state index in [4.69, 9.17) is 21.1 Å². The summed E-state index contributed by atoms with van der Waals surface area (Å²) in [4.78, 5) is 32.5. The van der Waals surface area contributed by atoms with Crippen LogP contribution in [-0.2, 0) is 22.5 Å². The molecular formula is C19H20ClN3O4S. The predicted molar refractivity (Wildman–Crippen MR) is 106 cm³/mol. The van der Waals surface area contributed by atoms with Gasteiger partial charge in [0.05, 0.1) is 24.9 Å². The number of nitrogens with one attached hydrogen (secondary N) is 1. The molecule has 4 rings (SSSR count). The van der Waals surface area contributed by atoms with Crippen LogP contribution in [0.4, 0.5) is 5.13 Å². The van der Waals surface area contributed by atoms with Gasteiger partial charge in [0, 0.05) is 29.5 Å². The first kappa shape index (κ1) is 19.2. The molecule has 1 saturated heterocycles. The Hall–Kier alpha value is -2.16. The number of nitrogens with zero attached hydrogens (tertiary/aromatic N) is 2. The van der Waals surface area contributed by atoms with E-state index >= 15 is 0 Å². The Labute approximate surface area is 171 Å². The van der Waals surface area contributed by atoms with Crippen molar-refractivity contribution in [3.05, 3.63) is 39.4 Å². The highest BCUT2D eigenvalue weighted by atomic mass is 35.5. The highest BCUT2D eigenvalue weighted by molar-refractivity contribution is 7.15. The summed E-state index contributed by atoms with van der Waals surface area (Å²) in [7, 11) is 1.53. The van der Waals surface area contributed by atoms with Crippen molar-refractivity contribution in [2.24, 2.45) is 0 Å². The summed E-state index contributed by atoms with van der Waals surface area (Å²) in [6.45, 7) is 1.61. The predicted octanol–water partition coefficient (Wildman–Crippen LogP) is 3.12. The molecule has 2 aromatic rings. The molecule has 0 radical (unpaired) electrons. The van der Waals surface area contributed by atoms with Crippen molar-refractivity contribution in [1.82, 2.24) is 9.88 Å². The molecule has 7 nitrogen and oxygen atoms in total. The topological polar surface area (TPSA) is 80.8 Å². The van der Waals surface area contributed by atoms with E-state index in [1.807, 2.05) is 0 Å². The molecule has 1 atom stereocenters. The van der Waals surface area contributed by atoms with E-state index in [0.717, 1.165) is 23.4 Å². The Morgan fingerprint density at radius 3 is 3.04 bits per heavy atom. The minimum atomic E-state index is -0.394. The lowest BCUT2D eigenvalue weighted by Crippen LogP contribution is -2.35. The van der Waals surface area contributed by atoms with Crippen molar-refractivity contribution in [2.75, 3.05) is 25.6 Å². The fraction of sp³-hybridized carbons (Fsp3) is 0.421. The van der Waals surface area contributed by atoms with Crippen LogP contribution in [0, 0.1) is 0 Å². The molecular weight excluding hydrogens is 402 g/mol. The van der Waals surface area contributed by atoms with E-state index in [1.165, 1.54) is 18.4 Å². The maximum Gasteiger partial charge on any atom is 0.258 e. The van der Waals surface area contributed by atoms with E-state index in [1.54, 1.807) is 23.1 Å². The fourth-order valence-corrected chi connectivity index (χ4v) is 4.61. The van der Waals surface area contributed by atoms with Crippen LogP contribution in [-0.4, -0.2) is 48.1 Å². The third-order valence-corrected chi connectivity index (χ3v) is 6.10. The van der Waals surface area contributed by atoms with Gasteiger partial charge in [-0.2, -0.15) is 0 Å². The van der Waals surface area contributed by atoms with Gasteiger partial charge in [0.25, 0.3) is 11.8 Å². The van der Waals surface area contributed by atoms with Crippen LogP contribution >= 0.6 is 22.9 Å². The zero-order chi connectivity index (χ0) is 19.7. The normalized spacial score (nSPS) is 18.6.